The summed E-state index contributed by atoms with van der Waals surface area (Å²) in [5, 5.41) is 41.7. The summed E-state index contributed by atoms with van der Waals surface area (Å²) < 4.78 is 30.9. The molecule has 0 aliphatic carbocycles. The number of rotatable bonds is 11. The first-order chi connectivity index (χ1) is 42.0. The van der Waals surface area contributed by atoms with E-state index in [1.807, 2.05) is 60.7 Å². The first-order valence-corrected chi connectivity index (χ1v) is 26.2. The minimum absolute atomic E-state index is 0. The fourth-order valence-electron chi connectivity index (χ4n) is 7.05. The van der Waals surface area contributed by atoms with Gasteiger partial charge in [0.25, 0.3) is 6.47 Å². The van der Waals surface area contributed by atoms with Crippen LogP contribution in [0, 0.1) is 0 Å². The van der Waals surface area contributed by atoms with Gasteiger partial charge in [-0.25, -0.2) is 19.2 Å². The number of halogens is 1. The number of benzene rings is 8. The Morgan fingerprint density at radius 2 is 0.778 bits per heavy atom. The van der Waals surface area contributed by atoms with E-state index in [9.17, 15) is 39.0 Å². The zero-order valence-corrected chi connectivity index (χ0v) is 58.0. The first kappa shape index (κ1) is 86.5. The molecule has 0 radical (unpaired) electrons. The number of nitrogen functional groups attached to an aromatic ring is 1. The topological polar surface area (TPSA) is 396 Å². The Kier molecular flexibility index (Phi) is 48.2. The van der Waals surface area contributed by atoms with E-state index in [0.29, 0.717) is 70.0 Å². The third-order valence-corrected chi connectivity index (χ3v) is 10.6. The second kappa shape index (κ2) is 50.1. The van der Waals surface area contributed by atoms with E-state index in [2.05, 4.69) is 20.8 Å². The fourth-order valence-corrected chi connectivity index (χ4v) is 7.43. The smallest absolute Gasteiger partial charge is 1.00 e. The van der Waals surface area contributed by atoms with Crippen LogP contribution in [-0.2, 0) is 67.0 Å². The van der Waals surface area contributed by atoms with Gasteiger partial charge in [0.1, 0.15) is 23.0 Å². The minimum atomic E-state index is -0.452. The number of aliphatic hydroxyl groups is 1. The number of phenols is 2. The Morgan fingerprint density at radius 3 is 1.13 bits per heavy atom. The molecule has 0 fully saturated rings. The SMILES string of the molecule is CCO.CCOC(=O)c1cc(O)c2ccc(N)cc2c1.CCOC(=O)c1cc(O)c2ccccc2c1.CCOC(=O)c1cc(OC(C)=O)c2ccc(Br)cc2c1.CCOC(=O)c1cc(OC(C)=O)c2ccccc2c1.O=C=O.O=C=O.O=C=O.O=CO[O-].[H-].[K+].[K+]. The van der Waals surface area contributed by atoms with Crippen molar-refractivity contribution in [3.63, 3.8) is 0 Å². The molecule has 466 valence electrons. The molecule has 0 amide bonds. The Morgan fingerprint density at radius 1 is 0.489 bits per heavy atom. The molecule has 8 aromatic rings. The van der Waals surface area contributed by atoms with Crippen molar-refractivity contribution < 1.29 is 220 Å². The summed E-state index contributed by atoms with van der Waals surface area (Å²) >= 11 is 3.38. The number of hydrogen-bond acceptors (Lipinski definition) is 25. The first-order valence-electron chi connectivity index (χ1n) is 25.4. The molecule has 0 saturated carbocycles. The number of fused-ring (bicyclic) bond motifs is 4. The average Bonchev–Trinajstić information content (AvgIpc) is 1.35. The van der Waals surface area contributed by atoms with Crippen LogP contribution in [0.4, 0.5) is 5.69 Å². The predicted molar refractivity (Wildman–Crippen MR) is 314 cm³/mol. The maximum Gasteiger partial charge on any atom is 1.00 e. The predicted octanol–water partition coefficient (Wildman–Crippen LogP) is 2.48. The molecule has 28 heteroatoms. The second-order valence-corrected chi connectivity index (χ2v) is 17.0. The zero-order valence-electron chi connectivity index (χ0n) is 51.2. The number of hydrogen-bond donors (Lipinski definition) is 4. The molecule has 0 saturated heterocycles. The molecule has 90 heavy (non-hydrogen) atoms. The summed E-state index contributed by atoms with van der Waals surface area (Å²) in [5.74, 6) is -1.73. The number of esters is 6. The van der Waals surface area contributed by atoms with Crippen molar-refractivity contribution >= 4 is 125 Å². The molecular formula is C62H60BrK2NO24. The summed E-state index contributed by atoms with van der Waals surface area (Å²) in [6.45, 7) is 12.6. The minimum Gasteiger partial charge on any atom is -1.00 e. The maximum absolute atomic E-state index is 11.8. The number of carbonyl (C=O) groups is 7. The Balaban J connectivity index is -0.000000508. The van der Waals surface area contributed by atoms with Gasteiger partial charge in [-0.05, 0) is 141 Å². The third-order valence-electron chi connectivity index (χ3n) is 10.1. The van der Waals surface area contributed by atoms with Crippen molar-refractivity contribution in [2.75, 3.05) is 38.8 Å². The van der Waals surface area contributed by atoms with E-state index >= 15 is 0 Å². The van der Waals surface area contributed by atoms with Gasteiger partial charge in [0.05, 0.1) is 48.7 Å². The maximum atomic E-state index is 11.8. The van der Waals surface area contributed by atoms with Gasteiger partial charge in [-0.2, -0.15) is 28.8 Å². The number of ether oxygens (including phenoxy) is 6. The van der Waals surface area contributed by atoms with Crippen molar-refractivity contribution in [3.05, 3.63) is 160 Å². The molecule has 0 bridgehead atoms. The van der Waals surface area contributed by atoms with Crippen LogP contribution in [0.25, 0.3) is 43.1 Å². The summed E-state index contributed by atoms with van der Waals surface area (Å²) in [7, 11) is 0. The van der Waals surface area contributed by atoms with E-state index in [1.54, 1.807) is 83.1 Å². The second-order valence-electron chi connectivity index (χ2n) is 16.1. The molecule has 25 nitrogen and oxygen atoms in total. The van der Waals surface area contributed by atoms with Gasteiger partial charge in [0, 0.05) is 52.2 Å². The molecule has 0 aliphatic heterocycles. The van der Waals surface area contributed by atoms with Crippen molar-refractivity contribution in [2.45, 2.75) is 48.5 Å². The van der Waals surface area contributed by atoms with Crippen LogP contribution in [0.3, 0.4) is 0 Å². The third kappa shape index (κ3) is 32.2. The van der Waals surface area contributed by atoms with Crippen LogP contribution in [0.1, 0.15) is 91.3 Å². The van der Waals surface area contributed by atoms with Gasteiger partial charge < -0.3 is 61.0 Å². The molecule has 0 unspecified atom stereocenters. The van der Waals surface area contributed by atoms with E-state index in [-0.39, 0.29) is 154 Å². The molecular weight excluding hydrogens is 1300 g/mol. The molecule has 0 aromatic heterocycles. The van der Waals surface area contributed by atoms with Crippen LogP contribution < -0.4 is 123 Å². The summed E-state index contributed by atoms with van der Waals surface area (Å²) in [6, 6.07) is 38.1. The van der Waals surface area contributed by atoms with Crippen LogP contribution in [0.2, 0.25) is 0 Å². The van der Waals surface area contributed by atoms with E-state index in [4.69, 9.17) is 78.1 Å². The molecule has 0 heterocycles. The Bertz CT molecular complexity index is 3710. The molecule has 0 aliphatic rings. The number of carbonyl (C=O) groups excluding carboxylic acids is 13. The summed E-state index contributed by atoms with van der Waals surface area (Å²) in [6.07, 6.45) is 0.750. The molecule has 5 N–H and O–H groups in total. The standard InChI is InChI=1S/C15H13BrO4.C15H14O4.C13H13NO3.C13H12O3.C2H6O.CH2O3.3CO2.2K.H/c1-3-19-15(18)11-6-10-7-12(16)4-5-13(10)14(8-11)20-9(2)17;1-3-18-15(17)12-8-11-6-4-5-7-13(11)14(9-12)19-10(2)16;1-2-17-13(16)9-5-8-6-10(14)3-4-11(8)12(15)7-9;1-2-16-13(15)10-7-9-5-3-4-6-11(9)12(14)8-10;1-2-3;2-1-4-3;3*2-1-3;;;/h4-8H,3H2,1-2H3;4-9H,3H2,1-2H3;3-7,15H,2,14H2,1H3;3-8,14H,2H2,1H3;3H,2H2,1H3;1,3H;;;;;;/q;;;;;;;;;2*+1;-1/p-1. The van der Waals surface area contributed by atoms with Crippen LogP contribution in [-0.4, -0.2) is 109 Å². The van der Waals surface area contributed by atoms with Crippen LogP contribution in [0.15, 0.2) is 138 Å². The number of aromatic hydroxyl groups is 2. The van der Waals surface area contributed by atoms with Gasteiger partial charge in [0.2, 0.25) is 0 Å². The van der Waals surface area contributed by atoms with Crippen molar-refractivity contribution in [3.8, 4) is 23.0 Å². The molecule has 8 aromatic carbocycles. The number of aliphatic hydroxyl groups excluding tert-OH is 1. The molecule has 8 rings (SSSR count). The van der Waals surface area contributed by atoms with Crippen LogP contribution in [0.5, 0.6) is 23.0 Å². The quantitative estimate of drug-likeness (QED) is 0.0211. The van der Waals surface area contributed by atoms with Crippen molar-refractivity contribution in [1.82, 2.24) is 0 Å². The van der Waals surface area contributed by atoms with Gasteiger partial charge in [-0.1, -0.05) is 64.5 Å². The van der Waals surface area contributed by atoms with Crippen molar-refractivity contribution in [1.29, 1.82) is 0 Å². The van der Waals surface area contributed by atoms with Crippen LogP contribution >= 0.6 is 15.9 Å². The molecule has 0 atom stereocenters. The Labute approximate surface area is 609 Å². The van der Waals surface area contributed by atoms with Gasteiger partial charge in [0.15, 0.2) is 0 Å². The molecule has 0 spiro atoms. The Hall–Kier alpha value is -7.70. The zero-order chi connectivity index (χ0) is 66.7. The van der Waals surface area contributed by atoms with E-state index in [1.165, 1.54) is 38.1 Å². The number of nitrogens with two attached hydrogens (primary N) is 1. The number of phenolic OH excluding ortho intramolecular Hbond substituents is 2. The van der Waals surface area contributed by atoms with E-state index in [0.717, 1.165) is 36.8 Å². The monoisotopic (exact) mass is 1360 g/mol. The largest absolute Gasteiger partial charge is 1.00 e. The average molecular weight is 1360 g/mol. The number of anilines is 1. The van der Waals surface area contributed by atoms with Gasteiger partial charge in [-0.3, -0.25) is 14.4 Å². The van der Waals surface area contributed by atoms with Gasteiger partial charge >= 0.3 is 157 Å². The van der Waals surface area contributed by atoms with Crippen molar-refractivity contribution in [2.24, 2.45) is 0 Å². The summed E-state index contributed by atoms with van der Waals surface area (Å²) in [5.41, 5.74) is 7.66. The fraction of sp³-hybridized carbons (Fsp3) is 0.194. The van der Waals surface area contributed by atoms with Gasteiger partial charge in [-0.15, -0.1) is 0 Å². The normalized spacial score (nSPS) is 8.96. The van der Waals surface area contributed by atoms with E-state index < -0.39 is 35.8 Å². The summed E-state index contributed by atoms with van der Waals surface area (Å²) in [4.78, 5) is 129.